The normalized spacial score (nSPS) is 9.18. The molecule has 0 aromatic heterocycles. The van der Waals surface area contributed by atoms with Crippen molar-refractivity contribution in [2.24, 2.45) is 0 Å². The van der Waals surface area contributed by atoms with Crippen LogP contribution in [-0.4, -0.2) is 19.0 Å². The zero-order chi connectivity index (χ0) is 12.7. The van der Waals surface area contributed by atoms with E-state index in [0.717, 1.165) is 5.56 Å². The number of nitrogens with one attached hydrogen (secondary N) is 1. The van der Waals surface area contributed by atoms with Crippen LogP contribution < -0.4 is 5.32 Å². The van der Waals surface area contributed by atoms with E-state index in [-0.39, 0.29) is 6.61 Å². The maximum absolute atomic E-state index is 11.2. The number of anilines is 1. The molecule has 0 aliphatic heterocycles. The summed E-state index contributed by atoms with van der Waals surface area (Å²) in [6.45, 7) is 1.59. The van der Waals surface area contributed by atoms with Crippen molar-refractivity contribution in [2.75, 3.05) is 11.9 Å². The molecular weight excluding hydrogens is 220 g/mol. The van der Waals surface area contributed by atoms with Gasteiger partial charge in [-0.2, -0.15) is 5.26 Å². The van der Waals surface area contributed by atoms with Crippen molar-refractivity contribution >= 4 is 18.1 Å². The van der Waals surface area contributed by atoms with E-state index >= 15 is 0 Å². The molecule has 1 rings (SSSR count). The van der Waals surface area contributed by atoms with Crippen LogP contribution in [0.5, 0.6) is 0 Å². The van der Waals surface area contributed by atoms with E-state index in [0.29, 0.717) is 24.0 Å². The Bertz CT molecular complexity index is 463. The second-order valence-electron chi connectivity index (χ2n) is 3.21. The summed E-state index contributed by atoms with van der Waals surface area (Å²) in [6.07, 6.45) is 0.637. The van der Waals surface area contributed by atoms with Crippen molar-refractivity contribution in [3.8, 4) is 6.07 Å². The van der Waals surface area contributed by atoms with E-state index < -0.39 is 6.09 Å². The Morgan fingerprint density at radius 3 is 2.94 bits per heavy atom. The quantitative estimate of drug-likeness (QED) is 0.806. The number of rotatable bonds is 4. The summed E-state index contributed by atoms with van der Waals surface area (Å²) < 4.78 is 4.54. The molecule has 88 valence electrons. The van der Waals surface area contributed by atoms with Crippen LogP contribution in [0.25, 0.3) is 0 Å². The van der Waals surface area contributed by atoms with Crippen LogP contribution in [0.2, 0.25) is 0 Å². The molecule has 1 aromatic rings. The van der Waals surface area contributed by atoms with Gasteiger partial charge < -0.3 is 4.74 Å². The summed E-state index contributed by atoms with van der Waals surface area (Å²) in [4.78, 5) is 22.2. The highest BCUT2D eigenvalue weighted by atomic mass is 16.5. The number of hydrogen-bond donors (Lipinski definition) is 1. The molecule has 0 bridgehead atoms. The third kappa shape index (κ3) is 3.31. The number of aryl methyl sites for hydroxylation is 1. The maximum Gasteiger partial charge on any atom is 0.412 e. The molecule has 0 heterocycles. The number of carbonyl (C=O) groups is 2. The van der Waals surface area contributed by atoms with E-state index in [2.05, 4.69) is 10.1 Å². The number of hydrogen-bond acceptors (Lipinski definition) is 4. The van der Waals surface area contributed by atoms with Gasteiger partial charge in [-0.05, 0) is 18.1 Å². The fraction of sp³-hybridized carbons (Fsp3) is 0.250. The fourth-order valence-electron chi connectivity index (χ4n) is 1.41. The van der Waals surface area contributed by atoms with Crippen molar-refractivity contribution in [3.05, 3.63) is 29.3 Å². The average molecular weight is 232 g/mol. The molecule has 0 aliphatic carbocycles. The highest BCUT2D eigenvalue weighted by Gasteiger charge is 2.09. The molecule has 5 nitrogen and oxygen atoms in total. The summed E-state index contributed by atoms with van der Waals surface area (Å²) >= 11 is 0. The predicted molar refractivity (Wildman–Crippen MR) is 61.8 cm³/mol. The minimum absolute atomic E-state index is 0.324. The first-order valence-electron chi connectivity index (χ1n) is 5.10. The zero-order valence-corrected chi connectivity index (χ0v) is 9.40. The van der Waals surface area contributed by atoms with Crippen LogP contribution in [-0.2, 0) is 11.2 Å². The Morgan fingerprint density at radius 1 is 1.59 bits per heavy atom. The second-order valence-corrected chi connectivity index (χ2v) is 3.21. The van der Waals surface area contributed by atoms with Crippen LogP contribution in [0, 0.1) is 11.3 Å². The van der Waals surface area contributed by atoms with E-state index in [1.807, 2.05) is 13.0 Å². The lowest BCUT2D eigenvalue weighted by Gasteiger charge is -2.09. The molecule has 5 heteroatoms. The minimum atomic E-state index is -0.747. The van der Waals surface area contributed by atoms with Crippen molar-refractivity contribution in [3.63, 3.8) is 0 Å². The molecule has 0 aliphatic rings. The second kappa shape index (κ2) is 6.28. The lowest BCUT2D eigenvalue weighted by Crippen LogP contribution is -2.15. The summed E-state index contributed by atoms with van der Waals surface area (Å²) in [5.41, 5.74) is 1.67. The summed E-state index contributed by atoms with van der Waals surface area (Å²) in [6, 6.07) is 6.85. The van der Waals surface area contributed by atoms with Gasteiger partial charge in [0.05, 0.1) is 5.69 Å². The first-order chi connectivity index (χ1) is 8.22. The molecule has 0 radical (unpaired) electrons. The van der Waals surface area contributed by atoms with Crippen molar-refractivity contribution in [1.29, 1.82) is 5.26 Å². The zero-order valence-electron chi connectivity index (χ0n) is 9.40. The number of ether oxygens (including phenoxy) is 1. The van der Waals surface area contributed by atoms with Gasteiger partial charge in [-0.15, -0.1) is 0 Å². The molecule has 0 atom stereocenters. The molecule has 0 fully saturated rings. The Kier molecular flexibility index (Phi) is 4.70. The predicted octanol–water partition coefficient (Wildman–Crippen LogP) is 2.13. The SMILES string of the molecule is CCc1cccc(NC(=O)OCC#N)c1C=O. The minimum Gasteiger partial charge on any atom is -0.434 e. The van der Waals surface area contributed by atoms with Gasteiger partial charge in [0.15, 0.2) is 12.9 Å². The standard InChI is InChI=1S/C12H12N2O3/c1-2-9-4-3-5-11(10(9)8-15)14-12(16)17-7-6-13/h3-5,8H,2,7H2,1H3,(H,14,16). The third-order valence-corrected chi connectivity index (χ3v) is 2.20. The molecule has 1 N–H and O–H groups in total. The first kappa shape index (κ1) is 12.7. The number of aldehydes is 1. The molecule has 17 heavy (non-hydrogen) atoms. The van der Waals surface area contributed by atoms with E-state index in [4.69, 9.17) is 5.26 Å². The number of nitrogens with zero attached hydrogens (tertiary/aromatic N) is 1. The summed E-state index contributed by atoms with van der Waals surface area (Å²) in [7, 11) is 0. The number of carbonyl (C=O) groups excluding carboxylic acids is 2. The molecule has 0 saturated heterocycles. The molecule has 0 unspecified atom stereocenters. The molecule has 0 saturated carbocycles. The lowest BCUT2D eigenvalue weighted by molar-refractivity contribution is 0.112. The number of nitriles is 1. The van der Waals surface area contributed by atoms with Gasteiger partial charge >= 0.3 is 6.09 Å². The Balaban J connectivity index is 2.87. The van der Waals surface area contributed by atoms with E-state index in [1.165, 1.54) is 0 Å². The lowest BCUT2D eigenvalue weighted by atomic mass is 10.0. The van der Waals surface area contributed by atoms with Gasteiger partial charge in [0.1, 0.15) is 6.07 Å². The van der Waals surface area contributed by atoms with E-state index in [9.17, 15) is 9.59 Å². The van der Waals surface area contributed by atoms with Crippen LogP contribution in [0.1, 0.15) is 22.8 Å². The van der Waals surface area contributed by atoms with Gasteiger partial charge in [0.2, 0.25) is 0 Å². The van der Waals surface area contributed by atoms with Gasteiger partial charge in [0.25, 0.3) is 0 Å². The van der Waals surface area contributed by atoms with E-state index in [1.54, 1.807) is 18.2 Å². The molecular formula is C12H12N2O3. The Hall–Kier alpha value is -2.35. The monoisotopic (exact) mass is 232 g/mol. The average Bonchev–Trinajstić information content (AvgIpc) is 2.35. The van der Waals surface area contributed by atoms with Crippen LogP contribution in [0.15, 0.2) is 18.2 Å². The summed E-state index contributed by atoms with van der Waals surface area (Å²) in [5, 5.41) is 10.7. The van der Waals surface area contributed by atoms with Gasteiger partial charge in [-0.25, -0.2) is 4.79 Å². The molecule has 1 aromatic carbocycles. The number of benzene rings is 1. The molecule has 0 spiro atoms. The van der Waals surface area contributed by atoms with Crippen molar-refractivity contribution < 1.29 is 14.3 Å². The maximum atomic E-state index is 11.2. The first-order valence-corrected chi connectivity index (χ1v) is 5.10. The van der Waals surface area contributed by atoms with Crippen molar-refractivity contribution in [2.45, 2.75) is 13.3 Å². The Labute approximate surface area is 99.0 Å². The fourth-order valence-corrected chi connectivity index (χ4v) is 1.41. The Morgan fingerprint density at radius 2 is 2.35 bits per heavy atom. The van der Waals surface area contributed by atoms with Crippen LogP contribution in [0.3, 0.4) is 0 Å². The summed E-state index contributed by atoms with van der Waals surface area (Å²) in [5.74, 6) is 0. The highest BCUT2D eigenvalue weighted by Crippen LogP contribution is 2.18. The third-order valence-electron chi connectivity index (χ3n) is 2.20. The van der Waals surface area contributed by atoms with Crippen LogP contribution in [0.4, 0.5) is 10.5 Å². The van der Waals surface area contributed by atoms with Gasteiger partial charge in [0, 0.05) is 5.56 Å². The van der Waals surface area contributed by atoms with Crippen LogP contribution >= 0.6 is 0 Å². The topological polar surface area (TPSA) is 79.2 Å². The number of amides is 1. The van der Waals surface area contributed by atoms with Gasteiger partial charge in [-0.1, -0.05) is 19.1 Å². The molecule has 1 amide bonds. The highest BCUT2D eigenvalue weighted by molar-refractivity contribution is 5.94. The van der Waals surface area contributed by atoms with Crippen molar-refractivity contribution in [1.82, 2.24) is 0 Å². The largest absolute Gasteiger partial charge is 0.434 e. The van der Waals surface area contributed by atoms with Gasteiger partial charge in [-0.3, -0.25) is 10.1 Å². The smallest absolute Gasteiger partial charge is 0.412 e.